The summed E-state index contributed by atoms with van der Waals surface area (Å²) in [6.07, 6.45) is 2.83. The van der Waals surface area contributed by atoms with Crippen LogP contribution in [-0.4, -0.2) is 49.6 Å². The first-order chi connectivity index (χ1) is 15.0. The highest BCUT2D eigenvalue weighted by Crippen LogP contribution is 2.28. The fourth-order valence-corrected chi connectivity index (χ4v) is 3.66. The summed E-state index contributed by atoms with van der Waals surface area (Å²) in [5, 5.41) is 4.48. The van der Waals surface area contributed by atoms with Crippen LogP contribution in [-0.2, 0) is 17.8 Å². The number of aromatic nitrogens is 1. The number of ether oxygens (including phenoxy) is 2. The highest BCUT2D eigenvalue weighted by molar-refractivity contribution is 5.83. The van der Waals surface area contributed by atoms with Crippen molar-refractivity contribution in [1.82, 2.24) is 15.2 Å². The predicted molar refractivity (Wildman–Crippen MR) is 125 cm³/mol. The number of carbonyl (C=O) groups excluding carboxylic acids is 1. The summed E-state index contributed by atoms with van der Waals surface area (Å²) < 4.78 is 10.8. The van der Waals surface area contributed by atoms with Gasteiger partial charge in [-0.25, -0.2) is 0 Å². The fraction of sp³-hybridized carbons (Fsp3) is 0.400. The van der Waals surface area contributed by atoms with Gasteiger partial charge in [-0.15, -0.1) is 0 Å². The van der Waals surface area contributed by atoms with Gasteiger partial charge in [0.2, 0.25) is 5.91 Å². The number of amides is 1. The van der Waals surface area contributed by atoms with E-state index >= 15 is 0 Å². The van der Waals surface area contributed by atoms with Crippen molar-refractivity contribution in [3.8, 4) is 11.5 Å². The molecule has 0 spiro atoms. The van der Waals surface area contributed by atoms with Gasteiger partial charge in [-0.3, -0.25) is 4.79 Å². The molecule has 3 aromatic rings. The van der Waals surface area contributed by atoms with E-state index < -0.39 is 0 Å². The lowest BCUT2D eigenvalue weighted by atomic mass is 10.1. The van der Waals surface area contributed by atoms with Crippen LogP contribution >= 0.6 is 0 Å². The SMILES string of the molecule is COc1ccc(CN(CCc2c[nH]c3ccccc23)C(=O)CNCC(C)C)cc1OC. The molecule has 1 heterocycles. The zero-order valence-corrected chi connectivity index (χ0v) is 18.9. The van der Waals surface area contributed by atoms with Gasteiger partial charge in [-0.2, -0.15) is 0 Å². The van der Waals surface area contributed by atoms with Crippen molar-refractivity contribution in [2.24, 2.45) is 5.92 Å². The highest BCUT2D eigenvalue weighted by Gasteiger charge is 2.16. The minimum absolute atomic E-state index is 0.0928. The molecule has 2 N–H and O–H groups in total. The van der Waals surface area contributed by atoms with Crippen molar-refractivity contribution in [2.45, 2.75) is 26.8 Å². The Bertz CT molecular complexity index is 997. The van der Waals surface area contributed by atoms with E-state index in [0.29, 0.717) is 37.1 Å². The van der Waals surface area contributed by atoms with Gasteiger partial charge in [0, 0.05) is 30.2 Å². The second-order valence-electron chi connectivity index (χ2n) is 8.14. The van der Waals surface area contributed by atoms with E-state index in [2.05, 4.69) is 36.3 Å². The Morgan fingerprint density at radius 3 is 2.61 bits per heavy atom. The maximum absolute atomic E-state index is 13.0. The number of H-pyrrole nitrogens is 1. The van der Waals surface area contributed by atoms with Crippen LogP contribution in [0.3, 0.4) is 0 Å². The molecule has 31 heavy (non-hydrogen) atoms. The zero-order chi connectivity index (χ0) is 22.2. The number of hydrogen-bond acceptors (Lipinski definition) is 4. The van der Waals surface area contributed by atoms with E-state index in [1.54, 1.807) is 14.2 Å². The van der Waals surface area contributed by atoms with Crippen LogP contribution in [0.25, 0.3) is 10.9 Å². The molecule has 0 radical (unpaired) electrons. The number of benzene rings is 2. The van der Waals surface area contributed by atoms with Gasteiger partial charge in [0.25, 0.3) is 0 Å². The predicted octanol–water partition coefficient (Wildman–Crippen LogP) is 4.00. The largest absolute Gasteiger partial charge is 0.493 e. The average Bonchev–Trinajstić information content (AvgIpc) is 3.19. The number of carbonyl (C=O) groups is 1. The first kappa shape index (κ1) is 22.7. The Morgan fingerprint density at radius 2 is 1.87 bits per heavy atom. The number of methoxy groups -OCH3 is 2. The van der Waals surface area contributed by atoms with Crippen molar-refractivity contribution in [2.75, 3.05) is 33.9 Å². The van der Waals surface area contributed by atoms with Gasteiger partial charge < -0.3 is 24.7 Å². The summed E-state index contributed by atoms with van der Waals surface area (Å²) >= 11 is 0. The topological polar surface area (TPSA) is 66.6 Å². The van der Waals surface area contributed by atoms with Crippen LogP contribution in [0.4, 0.5) is 0 Å². The van der Waals surface area contributed by atoms with E-state index in [9.17, 15) is 4.79 Å². The monoisotopic (exact) mass is 423 g/mol. The number of rotatable bonds is 11. The molecule has 1 amide bonds. The quantitative estimate of drug-likeness (QED) is 0.489. The van der Waals surface area contributed by atoms with Gasteiger partial charge in [-0.05, 0) is 48.2 Å². The average molecular weight is 424 g/mol. The summed E-state index contributed by atoms with van der Waals surface area (Å²) in [5.74, 6) is 1.94. The zero-order valence-electron chi connectivity index (χ0n) is 18.9. The minimum atomic E-state index is 0.0928. The molecule has 2 aromatic carbocycles. The highest BCUT2D eigenvalue weighted by atomic mass is 16.5. The number of aromatic amines is 1. The fourth-order valence-electron chi connectivity index (χ4n) is 3.66. The summed E-state index contributed by atoms with van der Waals surface area (Å²) in [7, 11) is 3.24. The third-order valence-corrected chi connectivity index (χ3v) is 5.33. The Kier molecular flexibility index (Phi) is 7.95. The summed E-state index contributed by atoms with van der Waals surface area (Å²) in [6.45, 7) is 6.58. The van der Waals surface area contributed by atoms with E-state index in [1.165, 1.54) is 10.9 Å². The summed E-state index contributed by atoms with van der Waals surface area (Å²) in [6, 6.07) is 14.1. The molecule has 1 aromatic heterocycles. The molecule has 0 saturated carbocycles. The molecular weight excluding hydrogens is 390 g/mol. The van der Waals surface area contributed by atoms with Gasteiger partial charge >= 0.3 is 0 Å². The number of nitrogens with one attached hydrogen (secondary N) is 2. The number of nitrogens with zero attached hydrogens (tertiary/aromatic N) is 1. The molecule has 0 aliphatic carbocycles. The Labute approximate surface area is 184 Å². The molecule has 0 saturated heterocycles. The minimum Gasteiger partial charge on any atom is -0.493 e. The van der Waals surface area contributed by atoms with Gasteiger partial charge in [0.15, 0.2) is 11.5 Å². The molecule has 166 valence electrons. The molecule has 0 aliphatic heterocycles. The normalized spacial score (nSPS) is 11.1. The molecule has 6 heteroatoms. The van der Waals surface area contributed by atoms with Crippen LogP contribution in [0, 0.1) is 5.92 Å². The van der Waals surface area contributed by atoms with Crippen molar-refractivity contribution in [3.05, 3.63) is 59.8 Å². The second-order valence-corrected chi connectivity index (χ2v) is 8.14. The van der Waals surface area contributed by atoms with Crippen LogP contribution in [0.2, 0.25) is 0 Å². The lowest BCUT2D eigenvalue weighted by molar-refractivity contribution is -0.130. The number of fused-ring (bicyclic) bond motifs is 1. The first-order valence-electron chi connectivity index (χ1n) is 10.8. The van der Waals surface area contributed by atoms with Crippen molar-refractivity contribution >= 4 is 16.8 Å². The molecule has 0 atom stereocenters. The first-order valence-corrected chi connectivity index (χ1v) is 10.8. The van der Waals surface area contributed by atoms with Crippen LogP contribution in [0.15, 0.2) is 48.7 Å². The number of hydrogen-bond donors (Lipinski definition) is 2. The van der Waals surface area contributed by atoms with Crippen LogP contribution in [0.1, 0.15) is 25.0 Å². The second kappa shape index (κ2) is 10.9. The molecular formula is C25H33N3O3. The maximum atomic E-state index is 13.0. The van der Waals surface area contributed by atoms with Crippen LogP contribution in [0.5, 0.6) is 11.5 Å². The molecule has 0 fully saturated rings. The maximum Gasteiger partial charge on any atom is 0.236 e. The Hall–Kier alpha value is -2.99. The van der Waals surface area contributed by atoms with Crippen LogP contribution < -0.4 is 14.8 Å². The van der Waals surface area contributed by atoms with E-state index in [0.717, 1.165) is 24.0 Å². The third kappa shape index (κ3) is 6.01. The Morgan fingerprint density at radius 1 is 1.10 bits per heavy atom. The van der Waals surface area contributed by atoms with Crippen molar-refractivity contribution in [1.29, 1.82) is 0 Å². The van der Waals surface area contributed by atoms with E-state index in [4.69, 9.17) is 9.47 Å². The smallest absolute Gasteiger partial charge is 0.236 e. The Balaban J connectivity index is 1.74. The standard InChI is InChI=1S/C25H33N3O3/c1-18(2)14-26-16-25(29)28(17-19-9-10-23(30-3)24(13-19)31-4)12-11-20-15-27-22-8-6-5-7-21(20)22/h5-10,13,15,18,26-27H,11-12,14,16-17H2,1-4H3. The molecule has 0 unspecified atom stereocenters. The molecule has 0 bridgehead atoms. The lowest BCUT2D eigenvalue weighted by Gasteiger charge is -2.24. The van der Waals surface area contributed by atoms with E-state index in [-0.39, 0.29) is 5.91 Å². The third-order valence-electron chi connectivity index (χ3n) is 5.33. The summed E-state index contributed by atoms with van der Waals surface area (Å²) in [4.78, 5) is 18.3. The molecule has 6 nitrogen and oxygen atoms in total. The summed E-state index contributed by atoms with van der Waals surface area (Å²) in [5.41, 5.74) is 3.35. The molecule has 0 aliphatic rings. The van der Waals surface area contributed by atoms with E-state index in [1.807, 2.05) is 41.4 Å². The lowest BCUT2D eigenvalue weighted by Crippen LogP contribution is -2.39. The van der Waals surface area contributed by atoms with Crippen molar-refractivity contribution in [3.63, 3.8) is 0 Å². The molecule has 3 rings (SSSR count). The van der Waals surface area contributed by atoms with Gasteiger partial charge in [0.1, 0.15) is 0 Å². The van der Waals surface area contributed by atoms with Crippen molar-refractivity contribution < 1.29 is 14.3 Å². The van der Waals surface area contributed by atoms with Gasteiger partial charge in [-0.1, -0.05) is 38.1 Å². The van der Waals surface area contributed by atoms with Gasteiger partial charge in [0.05, 0.1) is 20.8 Å². The number of para-hydroxylation sites is 1.